The molecule has 9 nitrogen and oxygen atoms in total. The molecule has 0 saturated carbocycles. The van der Waals surface area contributed by atoms with Crippen molar-refractivity contribution in [3.8, 4) is 0 Å². The minimum Gasteiger partial charge on any atom is -0.462 e. The van der Waals surface area contributed by atoms with E-state index in [9.17, 15) is 22.4 Å². The van der Waals surface area contributed by atoms with Gasteiger partial charge in [-0.05, 0) is 36.5 Å². The number of ether oxygens (including phenoxy) is 3. The van der Waals surface area contributed by atoms with E-state index in [1.165, 1.54) is 11.0 Å². The Morgan fingerprint density at radius 1 is 1.30 bits per heavy atom. The molecule has 0 aliphatic carbocycles. The molecule has 1 N–H and O–H groups in total. The molecule has 0 aromatic heterocycles. The van der Waals surface area contributed by atoms with Crippen LogP contribution in [0.15, 0.2) is 30.5 Å². The molecule has 2 fully saturated rings. The lowest BCUT2D eigenvalue weighted by molar-refractivity contribution is 0.0109. The third-order valence-corrected chi connectivity index (χ3v) is 7.43. The van der Waals surface area contributed by atoms with E-state index in [0.717, 1.165) is 0 Å². The van der Waals surface area contributed by atoms with Gasteiger partial charge in [-0.1, -0.05) is 26.5 Å². The second-order valence-corrected chi connectivity index (χ2v) is 10.7. The molecule has 2 amide bonds. The zero-order valence-electron chi connectivity index (χ0n) is 18.7. The van der Waals surface area contributed by atoms with E-state index in [0.29, 0.717) is 29.9 Å². The summed E-state index contributed by atoms with van der Waals surface area (Å²) in [6, 6.07) is 4.46. The van der Waals surface area contributed by atoms with Gasteiger partial charge in [0.2, 0.25) is 6.79 Å². The van der Waals surface area contributed by atoms with Crippen molar-refractivity contribution in [2.75, 3.05) is 36.3 Å². The Hall–Kier alpha value is -2.82. The number of carbonyl (C=O) groups is 2. The number of sulfone groups is 1. The van der Waals surface area contributed by atoms with Crippen molar-refractivity contribution in [1.82, 2.24) is 5.32 Å². The highest BCUT2D eigenvalue weighted by Gasteiger charge is 2.33. The zero-order chi connectivity index (χ0) is 24.2. The SMILES string of the molecule is C=C(OCOC(=O)NC[C@H]1CN(c2ccc(C3CCS(=O)(=O)CC3)c(F)c2)C(=O)O1)C(C)C. The molecule has 3 rings (SSSR count). The largest absolute Gasteiger partial charge is 0.462 e. The Balaban J connectivity index is 1.50. The predicted octanol–water partition coefficient (Wildman–Crippen LogP) is 3.31. The number of alkyl carbamates (subject to hydrolysis) is 1. The number of nitrogens with zero attached hydrogens (tertiary/aromatic N) is 1. The van der Waals surface area contributed by atoms with E-state index in [-0.39, 0.29) is 43.2 Å². The van der Waals surface area contributed by atoms with Crippen molar-refractivity contribution in [2.24, 2.45) is 5.92 Å². The number of halogens is 1. The van der Waals surface area contributed by atoms with Crippen LogP contribution in [0.4, 0.5) is 19.7 Å². The lowest BCUT2D eigenvalue weighted by Gasteiger charge is -2.23. The highest BCUT2D eigenvalue weighted by molar-refractivity contribution is 7.91. The Kier molecular flexibility index (Phi) is 7.83. The quantitative estimate of drug-likeness (QED) is 0.445. The van der Waals surface area contributed by atoms with Crippen LogP contribution in [0.3, 0.4) is 0 Å². The third-order valence-electron chi connectivity index (χ3n) is 5.72. The standard InChI is InChI=1S/C22H29FN2O7S/c1-14(2)15(3)30-13-31-21(26)24-11-18-12-25(22(27)32-18)17-4-5-19(20(23)10-17)16-6-8-33(28,29)9-7-16/h4-5,10,14,16,18H,3,6-9,11-13H2,1-2H3,(H,24,26)/t18-/m0/s1. The van der Waals surface area contributed by atoms with E-state index in [1.54, 1.807) is 12.1 Å². The fourth-order valence-corrected chi connectivity index (χ4v) is 5.12. The van der Waals surface area contributed by atoms with Gasteiger partial charge in [-0.2, -0.15) is 0 Å². The molecule has 2 heterocycles. The second kappa shape index (κ2) is 10.4. The molecule has 11 heteroatoms. The molecule has 2 aliphatic rings. The third kappa shape index (κ3) is 6.59. The van der Waals surface area contributed by atoms with Gasteiger partial charge >= 0.3 is 12.2 Å². The highest BCUT2D eigenvalue weighted by Crippen LogP contribution is 2.33. The van der Waals surface area contributed by atoms with Gasteiger partial charge < -0.3 is 19.5 Å². The molecule has 182 valence electrons. The van der Waals surface area contributed by atoms with E-state index >= 15 is 0 Å². The van der Waals surface area contributed by atoms with Crippen molar-refractivity contribution in [3.05, 3.63) is 41.9 Å². The van der Waals surface area contributed by atoms with Gasteiger partial charge in [0.25, 0.3) is 0 Å². The topological polar surface area (TPSA) is 111 Å². The smallest absolute Gasteiger partial charge is 0.414 e. The van der Waals surface area contributed by atoms with Crippen molar-refractivity contribution >= 4 is 27.7 Å². The number of nitrogens with one attached hydrogen (secondary N) is 1. The average molecular weight is 485 g/mol. The van der Waals surface area contributed by atoms with Crippen LogP contribution in [0, 0.1) is 11.7 Å². The summed E-state index contributed by atoms with van der Waals surface area (Å²) in [5, 5.41) is 2.49. The molecule has 1 atom stereocenters. The summed E-state index contributed by atoms with van der Waals surface area (Å²) in [5.41, 5.74) is 0.778. The van der Waals surface area contributed by atoms with Crippen molar-refractivity contribution in [3.63, 3.8) is 0 Å². The van der Waals surface area contributed by atoms with Crippen molar-refractivity contribution < 1.29 is 36.6 Å². The van der Waals surface area contributed by atoms with Gasteiger partial charge in [-0.3, -0.25) is 4.90 Å². The number of carbonyl (C=O) groups excluding carboxylic acids is 2. The zero-order valence-corrected chi connectivity index (χ0v) is 19.5. The number of cyclic esters (lactones) is 1. The minimum atomic E-state index is -3.04. The molecule has 33 heavy (non-hydrogen) atoms. The number of amides is 2. The van der Waals surface area contributed by atoms with Gasteiger partial charge in [0.1, 0.15) is 21.8 Å². The number of rotatable bonds is 8. The predicted molar refractivity (Wildman–Crippen MR) is 119 cm³/mol. The maximum absolute atomic E-state index is 14.8. The highest BCUT2D eigenvalue weighted by atomic mass is 32.2. The normalized spacial score (nSPS) is 20.4. The average Bonchev–Trinajstić information content (AvgIpc) is 3.13. The fourth-order valence-electron chi connectivity index (χ4n) is 3.63. The van der Waals surface area contributed by atoms with Gasteiger partial charge in [-0.15, -0.1) is 0 Å². The van der Waals surface area contributed by atoms with Crippen LogP contribution in [0.5, 0.6) is 0 Å². The molecule has 0 unspecified atom stereocenters. The van der Waals surface area contributed by atoms with Crippen LogP contribution < -0.4 is 10.2 Å². The summed E-state index contributed by atoms with van der Waals surface area (Å²) in [7, 11) is -3.04. The summed E-state index contributed by atoms with van der Waals surface area (Å²) >= 11 is 0. The molecule has 0 spiro atoms. The Bertz CT molecular complexity index is 998. The first kappa shape index (κ1) is 24.8. The molecule has 0 bridgehead atoms. The van der Waals surface area contributed by atoms with E-state index < -0.39 is 33.9 Å². The maximum Gasteiger partial charge on any atom is 0.414 e. The van der Waals surface area contributed by atoms with Crippen LogP contribution in [0.25, 0.3) is 0 Å². The van der Waals surface area contributed by atoms with Crippen LogP contribution in [-0.4, -0.2) is 58.1 Å². The van der Waals surface area contributed by atoms with E-state index in [2.05, 4.69) is 11.9 Å². The number of hydrogen-bond donors (Lipinski definition) is 1. The van der Waals surface area contributed by atoms with Gasteiger partial charge in [-0.25, -0.2) is 22.4 Å². The first-order chi connectivity index (χ1) is 15.6. The molecule has 2 saturated heterocycles. The van der Waals surface area contributed by atoms with Crippen LogP contribution >= 0.6 is 0 Å². The van der Waals surface area contributed by atoms with Gasteiger partial charge in [0, 0.05) is 5.92 Å². The van der Waals surface area contributed by atoms with Crippen LogP contribution in [0.2, 0.25) is 0 Å². The first-order valence-electron chi connectivity index (χ1n) is 10.8. The Labute approximate surface area is 192 Å². The maximum atomic E-state index is 14.8. The van der Waals surface area contributed by atoms with E-state index in [4.69, 9.17) is 14.2 Å². The van der Waals surface area contributed by atoms with Gasteiger partial charge in [0.05, 0.1) is 36.0 Å². The molecule has 1 aromatic carbocycles. The summed E-state index contributed by atoms with van der Waals surface area (Å²) < 4.78 is 53.3. The minimum absolute atomic E-state index is 0.0172. The Morgan fingerprint density at radius 2 is 2.00 bits per heavy atom. The number of allylic oxidation sites excluding steroid dienone is 1. The summed E-state index contributed by atoms with van der Waals surface area (Å²) in [4.78, 5) is 25.3. The van der Waals surface area contributed by atoms with Crippen LogP contribution in [0.1, 0.15) is 38.2 Å². The van der Waals surface area contributed by atoms with Gasteiger partial charge in [0.15, 0.2) is 0 Å². The number of anilines is 1. The first-order valence-corrected chi connectivity index (χ1v) is 12.6. The number of hydrogen-bond acceptors (Lipinski definition) is 7. The van der Waals surface area contributed by atoms with E-state index in [1.807, 2.05) is 13.8 Å². The molecular formula is C22H29FN2O7S. The lowest BCUT2D eigenvalue weighted by atomic mass is 9.93. The molecule has 0 radical (unpaired) electrons. The number of benzene rings is 1. The summed E-state index contributed by atoms with van der Waals surface area (Å²) in [6.45, 7) is 7.35. The summed E-state index contributed by atoms with van der Waals surface area (Å²) in [6.07, 6.45) is -1.26. The van der Waals surface area contributed by atoms with Crippen LogP contribution in [-0.2, 0) is 24.0 Å². The molecular weight excluding hydrogens is 455 g/mol. The molecule has 1 aromatic rings. The fraction of sp³-hybridized carbons (Fsp3) is 0.545. The lowest BCUT2D eigenvalue weighted by Crippen LogP contribution is -2.35. The van der Waals surface area contributed by atoms with Crippen molar-refractivity contribution in [2.45, 2.75) is 38.7 Å². The monoisotopic (exact) mass is 484 g/mol. The van der Waals surface area contributed by atoms with Crippen molar-refractivity contribution in [1.29, 1.82) is 0 Å². The molecule has 2 aliphatic heterocycles. The summed E-state index contributed by atoms with van der Waals surface area (Å²) in [5.74, 6) is 0.0312. The second-order valence-electron chi connectivity index (χ2n) is 8.44. The Morgan fingerprint density at radius 3 is 2.64 bits per heavy atom.